The van der Waals surface area contributed by atoms with E-state index in [-0.39, 0.29) is 12.0 Å². The Hall–Kier alpha value is -3.04. The number of aromatic amines is 1. The van der Waals surface area contributed by atoms with Crippen molar-refractivity contribution >= 4 is 45.8 Å². The van der Waals surface area contributed by atoms with Gasteiger partial charge in [-0.05, 0) is 49.7 Å². The van der Waals surface area contributed by atoms with Crippen molar-refractivity contribution in [2.45, 2.75) is 31.7 Å². The zero-order valence-corrected chi connectivity index (χ0v) is 19.1. The van der Waals surface area contributed by atoms with Gasteiger partial charge in [-0.25, -0.2) is 19.9 Å². The molecule has 10 heteroatoms. The molecular formula is C23H21ClN6O2S. The van der Waals surface area contributed by atoms with Crippen molar-refractivity contribution in [1.29, 1.82) is 0 Å². The second kappa shape index (κ2) is 8.07. The van der Waals surface area contributed by atoms with Gasteiger partial charge in [0.05, 0.1) is 20.8 Å². The summed E-state index contributed by atoms with van der Waals surface area (Å²) in [6.45, 7) is 0. The topological polar surface area (TPSA) is 117 Å². The van der Waals surface area contributed by atoms with Gasteiger partial charge < -0.3 is 15.4 Å². The van der Waals surface area contributed by atoms with Crippen molar-refractivity contribution in [3.63, 3.8) is 0 Å². The van der Waals surface area contributed by atoms with Crippen LogP contribution in [0, 0.1) is 17.8 Å². The van der Waals surface area contributed by atoms with E-state index in [4.69, 9.17) is 21.6 Å². The summed E-state index contributed by atoms with van der Waals surface area (Å²) in [5.74, 6) is 0.554. The molecule has 2 atom stereocenters. The second-order valence-electron chi connectivity index (χ2n) is 8.76. The van der Waals surface area contributed by atoms with Crippen molar-refractivity contribution in [3.8, 4) is 22.0 Å². The van der Waals surface area contributed by atoms with Crippen molar-refractivity contribution in [1.82, 2.24) is 24.9 Å². The Morgan fingerprint density at radius 2 is 2.00 bits per heavy atom. The fourth-order valence-corrected chi connectivity index (χ4v) is 6.45. The van der Waals surface area contributed by atoms with Crippen LogP contribution in [-0.2, 0) is 4.79 Å². The maximum atomic E-state index is 12.1. The molecule has 4 heterocycles. The molecule has 0 radical (unpaired) electrons. The molecule has 3 fully saturated rings. The fourth-order valence-electron chi connectivity index (χ4n) is 5.45. The third kappa shape index (κ3) is 3.65. The summed E-state index contributed by atoms with van der Waals surface area (Å²) in [6.07, 6.45) is 9.14. The number of carboxylic acids is 1. The molecule has 0 aliphatic heterocycles. The number of anilines is 1. The summed E-state index contributed by atoms with van der Waals surface area (Å²) < 4.78 is 0.677. The molecule has 7 rings (SSSR count). The van der Waals surface area contributed by atoms with Crippen LogP contribution in [0.4, 0.5) is 5.82 Å². The van der Waals surface area contributed by atoms with E-state index in [2.05, 4.69) is 20.3 Å². The predicted molar refractivity (Wildman–Crippen MR) is 127 cm³/mol. The first-order valence-corrected chi connectivity index (χ1v) is 12.2. The Morgan fingerprint density at radius 1 is 1.18 bits per heavy atom. The number of aliphatic carboxylic acids is 1. The van der Waals surface area contributed by atoms with Crippen LogP contribution in [-0.4, -0.2) is 42.0 Å². The summed E-state index contributed by atoms with van der Waals surface area (Å²) in [6, 6.07) is 5.52. The molecule has 4 aromatic rings. The zero-order chi connectivity index (χ0) is 22.5. The van der Waals surface area contributed by atoms with Gasteiger partial charge in [0.25, 0.3) is 0 Å². The summed E-state index contributed by atoms with van der Waals surface area (Å²) >= 11 is 7.64. The molecule has 3 aliphatic carbocycles. The number of aromatic nitrogens is 5. The van der Waals surface area contributed by atoms with Gasteiger partial charge in [0.2, 0.25) is 0 Å². The molecular weight excluding hydrogens is 460 g/mol. The molecule has 168 valence electrons. The van der Waals surface area contributed by atoms with Gasteiger partial charge in [-0.2, -0.15) is 0 Å². The van der Waals surface area contributed by atoms with E-state index < -0.39 is 11.9 Å². The molecule has 2 unspecified atom stereocenters. The molecule has 33 heavy (non-hydrogen) atoms. The van der Waals surface area contributed by atoms with Crippen molar-refractivity contribution in [3.05, 3.63) is 41.3 Å². The first-order valence-electron chi connectivity index (χ1n) is 11.0. The molecule has 0 spiro atoms. The van der Waals surface area contributed by atoms with Gasteiger partial charge in [0.15, 0.2) is 5.82 Å². The van der Waals surface area contributed by atoms with Gasteiger partial charge >= 0.3 is 5.97 Å². The minimum absolute atomic E-state index is 0.149. The van der Waals surface area contributed by atoms with Crippen molar-refractivity contribution in [2.24, 2.45) is 17.8 Å². The van der Waals surface area contributed by atoms with Crippen LogP contribution in [0.15, 0.2) is 36.9 Å². The number of thiophene rings is 1. The van der Waals surface area contributed by atoms with Gasteiger partial charge in [0.1, 0.15) is 17.8 Å². The number of rotatable bonds is 5. The van der Waals surface area contributed by atoms with Crippen LogP contribution in [0.5, 0.6) is 0 Å². The normalized spacial score (nSPS) is 24.3. The number of hydrogen-bond donors (Lipinski definition) is 3. The Kier molecular flexibility index (Phi) is 5.03. The van der Waals surface area contributed by atoms with Crippen LogP contribution in [0.2, 0.25) is 4.34 Å². The lowest BCUT2D eigenvalue weighted by Gasteiger charge is -2.47. The first kappa shape index (κ1) is 20.6. The van der Waals surface area contributed by atoms with E-state index in [9.17, 15) is 9.90 Å². The quantitative estimate of drug-likeness (QED) is 0.364. The highest BCUT2D eigenvalue weighted by atomic mass is 35.5. The zero-order valence-electron chi connectivity index (χ0n) is 17.5. The van der Waals surface area contributed by atoms with Gasteiger partial charge in [-0.3, -0.25) is 4.79 Å². The molecule has 0 amide bonds. The molecule has 3 aliphatic rings. The highest BCUT2D eigenvalue weighted by Crippen LogP contribution is 2.46. The maximum absolute atomic E-state index is 12.1. The van der Waals surface area contributed by atoms with Gasteiger partial charge in [0, 0.05) is 35.5 Å². The maximum Gasteiger partial charge on any atom is 0.308 e. The van der Waals surface area contributed by atoms with Crippen LogP contribution in [0.3, 0.4) is 0 Å². The summed E-state index contributed by atoms with van der Waals surface area (Å²) in [5, 5.41) is 14.3. The van der Waals surface area contributed by atoms with Crippen molar-refractivity contribution < 1.29 is 9.90 Å². The molecule has 0 saturated heterocycles. The average Bonchev–Trinajstić information content (AvgIpc) is 3.46. The number of nitrogens with one attached hydrogen (secondary N) is 2. The Balaban J connectivity index is 1.45. The number of H-pyrrole nitrogens is 1. The molecule has 3 saturated carbocycles. The fraction of sp³-hybridized carbons (Fsp3) is 0.348. The average molecular weight is 481 g/mol. The highest BCUT2D eigenvalue weighted by Gasteiger charge is 2.47. The SMILES string of the molecule is O=C(O)C1C2CCC(CC2)C1Nc1cc(-c2ccc(Cl)s2)nc(-c2c[nH]c3ncncc23)n1. The van der Waals surface area contributed by atoms with Crippen molar-refractivity contribution in [2.75, 3.05) is 5.32 Å². The number of carbonyl (C=O) groups is 1. The number of nitrogens with zero attached hydrogens (tertiary/aromatic N) is 4. The lowest BCUT2D eigenvalue weighted by molar-refractivity contribution is -0.148. The Bertz CT molecular complexity index is 1350. The molecule has 0 aromatic carbocycles. The van der Waals surface area contributed by atoms with Crippen LogP contribution in [0.1, 0.15) is 25.7 Å². The summed E-state index contributed by atoms with van der Waals surface area (Å²) in [7, 11) is 0. The minimum Gasteiger partial charge on any atom is -0.481 e. The Morgan fingerprint density at radius 3 is 2.76 bits per heavy atom. The summed E-state index contributed by atoms with van der Waals surface area (Å²) in [4.78, 5) is 34.2. The lowest BCUT2D eigenvalue weighted by Crippen LogP contribution is -2.51. The highest BCUT2D eigenvalue weighted by molar-refractivity contribution is 7.19. The van der Waals surface area contributed by atoms with Crippen LogP contribution in [0.25, 0.3) is 33.0 Å². The number of fused-ring (bicyclic) bond motifs is 4. The summed E-state index contributed by atoms with van der Waals surface area (Å²) in [5.41, 5.74) is 2.23. The second-order valence-corrected chi connectivity index (χ2v) is 10.5. The van der Waals surface area contributed by atoms with Crippen LogP contribution < -0.4 is 5.32 Å². The van der Waals surface area contributed by atoms with E-state index in [0.717, 1.165) is 47.2 Å². The van der Waals surface area contributed by atoms with E-state index in [1.165, 1.54) is 17.7 Å². The van der Waals surface area contributed by atoms with E-state index >= 15 is 0 Å². The lowest BCUT2D eigenvalue weighted by atomic mass is 9.61. The predicted octanol–water partition coefficient (Wildman–Crippen LogP) is 5.10. The van der Waals surface area contributed by atoms with Gasteiger partial charge in [-0.1, -0.05) is 11.6 Å². The van der Waals surface area contributed by atoms with Crippen LogP contribution >= 0.6 is 22.9 Å². The molecule has 8 nitrogen and oxygen atoms in total. The molecule has 3 N–H and O–H groups in total. The standard InChI is InChI=1S/C23H21ClN6O2S/c24-17-6-5-16(33-17)15-7-18(29-20-12-3-1-11(2-4-12)19(20)23(31)32)30-22(28-15)14-9-26-21-13(14)8-25-10-27-21/h5-12,19-20H,1-4H2,(H,31,32)(H,25,26,27)(H,28,29,30). The molecule has 2 bridgehead atoms. The third-order valence-corrected chi connectivity index (χ3v) is 8.22. The molecule has 4 aromatic heterocycles. The van der Waals surface area contributed by atoms with E-state index in [1.807, 2.05) is 24.4 Å². The third-order valence-electron chi connectivity index (χ3n) is 6.97. The first-order chi connectivity index (χ1) is 16.1. The van der Waals surface area contributed by atoms with Gasteiger partial charge in [-0.15, -0.1) is 11.3 Å². The Labute approximate surface area is 198 Å². The monoisotopic (exact) mass is 480 g/mol. The largest absolute Gasteiger partial charge is 0.481 e. The number of halogens is 1. The number of hydrogen-bond acceptors (Lipinski definition) is 7. The minimum atomic E-state index is -0.727. The van der Waals surface area contributed by atoms with E-state index in [0.29, 0.717) is 27.5 Å². The van der Waals surface area contributed by atoms with E-state index in [1.54, 1.807) is 6.20 Å². The smallest absolute Gasteiger partial charge is 0.308 e. The number of carboxylic acid groups (broad SMARTS) is 1.